The third-order valence-corrected chi connectivity index (χ3v) is 2.96. The van der Waals surface area contributed by atoms with Gasteiger partial charge in [0.2, 0.25) is 0 Å². The molecule has 0 aliphatic carbocycles. The van der Waals surface area contributed by atoms with Crippen LogP contribution in [0.2, 0.25) is 0 Å². The fraction of sp³-hybridized carbons (Fsp3) is 0.778. The zero-order chi connectivity index (χ0) is 15.5. The third kappa shape index (κ3) is 25.2. The number of rotatable bonds is 13. The van der Waals surface area contributed by atoms with Gasteiger partial charge in [-0.1, -0.05) is 52.2 Å². The predicted octanol–water partition coefficient (Wildman–Crippen LogP) is 5.64. The van der Waals surface area contributed by atoms with Crippen LogP contribution >= 0.6 is 17.0 Å². The number of halogens is 1. The van der Waals surface area contributed by atoms with E-state index < -0.39 is 0 Å². The molecule has 0 aromatic carbocycles. The van der Waals surface area contributed by atoms with E-state index in [9.17, 15) is 0 Å². The maximum absolute atomic E-state index is 4.90. The Balaban J connectivity index is -0.000000347. The molecule has 3 heteroatoms. The van der Waals surface area contributed by atoms with Crippen molar-refractivity contribution >= 4 is 17.0 Å². The first-order valence-corrected chi connectivity index (χ1v) is 8.28. The van der Waals surface area contributed by atoms with Crippen LogP contribution in [0.25, 0.3) is 0 Å². The maximum Gasteiger partial charge on any atom is 0.0649 e. The van der Waals surface area contributed by atoms with Crippen molar-refractivity contribution in [2.45, 2.75) is 59.3 Å². The molecule has 0 saturated carbocycles. The lowest BCUT2D eigenvalue weighted by Gasteiger charge is -2.21. The topological polar surface area (TPSA) is 12.5 Å². The van der Waals surface area contributed by atoms with Crippen molar-refractivity contribution in [3.05, 3.63) is 25.3 Å². The first-order valence-electron chi connectivity index (χ1n) is 8.28. The summed E-state index contributed by atoms with van der Waals surface area (Å²) >= 11 is 0. The summed E-state index contributed by atoms with van der Waals surface area (Å²) in [6.45, 7) is 19.0. The van der Waals surface area contributed by atoms with Gasteiger partial charge in [-0.15, -0.1) is 30.1 Å². The molecule has 0 aliphatic rings. The SMILES string of the molecule is Br.C=CCOCC=C.CCCCN(CCCC)CCCC. The monoisotopic (exact) mass is 363 g/mol. The molecule has 0 saturated heterocycles. The van der Waals surface area contributed by atoms with Gasteiger partial charge in [0, 0.05) is 0 Å². The Labute approximate surface area is 144 Å². The van der Waals surface area contributed by atoms with E-state index in [0.29, 0.717) is 13.2 Å². The summed E-state index contributed by atoms with van der Waals surface area (Å²) in [5.74, 6) is 0. The molecule has 0 spiro atoms. The summed E-state index contributed by atoms with van der Waals surface area (Å²) in [5.41, 5.74) is 0. The molecule has 128 valence electrons. The van der Waals surface area contributed by atoms with Gasteiger partial charge in [-0.3, -0.25) is 0 Å². The van der Waals surface area contributed by atoms with E-state index in [1.807, 2.05) is 0 Å². The van der Waals surface area contributed by atoms with E-state index in [-0.39, 0.29) is 17.0 Å². The highest BCUT2D eigenvalue weighted by molar-refractivity contribution is 8.93. The second-order valence-corrected chi connectivity index (χ2v) is 5.02. The minimum atomic E-state index is 0. The molecule has 0 rings (SSSR count). The van der Waals surface area contributed by atoms with Gasteiger partial charge in [-0.05, 0) is 38.9 Å². The maximum atomic E-state index is 4.90. The minimum absolute atomic E-state index is 0. The van der Waals surface area contributed by atoms with Crippen molar-refractivity contribution in [1.82, 2.24) is 4.90 Å². The molecule has 0 N–H and O–H groups in total. The molecular weight excluding hydrogens is 326 g/mol. The number of ether oxygens (including phenoxy) is 1. The van der Waals surface area contributed by atoms with E-state index in [1.54, 1.807) is 12.2 Å². The van der Waals surface area contributed by atoms with Crippen LogP contribution in [-0.4, -0.2) is 37.7 Å². The second kappa shape index (κ2) is 24.9. The van der Waals surface area contributed by atoms with E-state index in [4.69, 9.17) is 4.74 Å². The number of nitrogens with zero attached hydrogens (tertiary/aromatic N) is 1. The van der Waals surface area contributed by atoms with Crippen molar-refractivity contribution in [2.75, 3.05) is 32.8 Å². The smallest absolute Gasteiger partial charge is 0.0649 e. The van der Waals surface area contributed by atoms with Crippen LogP contribution in [-0.2, 0) is 4.74 Å². The second-order valence-electron chi connectivity index (χ2n) is 5.02. The average Bonchev–Trinajstić information content (AvgIpc) is 2.48. The van der Waals surface area contributed by atoms with Gasteiger partial charge in [0.1, 0.15) is 0 Å². The summed E-state index contributed by atoms with van der Waals surface area (Å²) in [7, 11) is 0. The van der Waals surface area contributed by atoms with Crippen molar-refractivity contribution in [1.29, 1.82) is 0 Å². The number of hydrogen-bond donors (Lipinski definition) is 0. The minimum Gasteiger partial charge on any atom is -0.373 e. The molecule has 0 atom stereocenters. The van der Waals surface area contributed by atoms with Gasteiger partial charge in [-0.25, -0.2) is 0 Å². The average molecular weight is 364 g/mol. The van der Waals surface area contributed by atoms with E-state index in [2.05, 4.69) is 38.8 Å². The third-order valence-electron chi connectivity index (χ3n) is 2.96. The molecule has 2 nitrogen and oxygen atoms in total. The highest BCUT2D eigenvalue weighted by Crippen LogP contribution is 2.01. The van der Waals surface area contributed by atoms with E-state index >= 15 is 0 Å². The largest absolute Gasteiger partial charge is 0.373 e. The van der Waals surface area contributed by atoms with Gasteiger partial charge in [0.15, 0.2) is 0 Å². The van der Waals surface area contributed by atoms with Crippen LogP contribution in [0.15, 0.2) is 25.3 Å². The van der Waals surface area contributed by atoms with Crippen LogP contribution < -0.4 is 0 Å². The standard InChI is InChI=1S/C12H27N.C6H10O.BrH/c1-4-7-10-13(11-8-5-2)12-9-6-3;1-3-5-7-6-4-2;/h4-12H2,1-3H3;3-4H,1-2,5-6H2;1H. The van der Waals surface area contributed by atoms with Gasteiger partial charge in [0.05, 0.1) is 13.2 Å². The molecule has 0 fully saturated rings. The molecule has 0 bridgehead atoms. The molecule has 0 radical (unpaired) electrons. The molecule has 0 aromatic heterocycles. The van der Waals surface area contributed by atoms with Gasteiger partial charge in [-0.2, -0.15) is 0 Å². The van der Waals surface area contributed by atoms with Crippen molar-refractivity contribution < 1.29 is 4.74 Å². The predicted molar refractivity (Wildman–Crippen MR) is 103 cm³/mol. The number of unbranched alkanes of at least 4 members (excludes halogenated alkanes) is 3. The van der Waals surface area contributed by atoms with Crippen molar-refractivity contribution in [2.24, 2.45) is 0 Å². The van der Waals surface area contributed by atoms with Crippen LogP contribution in [0, 0.1) is 0 Å². The molecule has 21 heavy (non-hydrogen) atoms. The zero-order valence-electron chi connectivity index (χ0n) is 14.6. The van der Waals surface area contributed by atoms with Crippen LogP contribution in [0.5, 0.6) is 0 Å². The van der Waals surface area contributed by atoms with Gasteiger partial charge in [0.25, 0.3) is 0 Å². The van der Waals surface area contributed by atoms with Crippen LogP contribution in [0.1, 0.15) is 59.3 Å². The van der Waals surface area contributed by atoms with E-state index in [1.165, 1.54) is 58.2 Å². The molecule has 0 unspecified atom stereocenters. The van der Waals surface area contributed by atoms with Crippen molar-refractivity contribution in [3.63, 3.8) is 0 Å². The molecule has 0 heterocycles. The number of hydrogen-bond acceptors (Lipinski definition) is 2. The summed E-state index contributed by atoms with van der Waals surface area (Å²) in [4.78, 5) is 2.64. The summed E-state index contributed by atoms with van der Waals surface area (Å²) in [6.07, 6.45) is 11.5. The van der Waals surface area contributed by atoms with Gasteiger partial charge < -0.3 is 9.64 Å². The normalized spacial score (nSPS) is 9.52. The Kier molecular flexibility index (Phi) is 30.6. The summed E-state index contributed by atoms with van der Waals surface area (Å²) in [5, 5.41) is 0. The summed E-state index contributed by atoms with van der Waals surface area (Å²) < 4.78 is 4.90. The summed E-state index contributed by atoms with van der Waals surface area (Å²) in [6, 6.07) is 0. The Morgan fingerprint density at radius 2 is 1.10 bits per heavy atom. The lowest BCUT2D eigenvalue weighted by Crippen LogP contribution is -2.27. The molecule has 0 aliphatic heterocycles. The van der Waals surface area contributed by atoms with Gasteiger partial charge >= 0.3 is 0 Å². The molecule has 0 amide bonds. The quantitative estimate of drug-likeness (QED) is 0.310. The Bertz CT molecular complexity index is 171. The zero-order valence-corrected chi connectivity index (χ0v) is 16.3. The Morgan fingerprint density at radius 1 is 0.762 bits per heavy atom. The van der Waals surface area contributed by atoms with Crippen LogP contribution in [0.3, 0.4) is 0 Å². The lowest BCUT2D eigenvalue weighted by atomic mass is 10.2. The molecular formula is C18H38BrNO. The van der Waals surface area contributed by atoms with Crippen LogP contribution in [0.4, 0.5) is 0 Å². The highest BCUT2D eigenvalue weighted by Gasteiger charge is 2.01. The fourth-order valence-electron chi connectivity index (χ4n) is 1.72. The first kappa shape index (κ1) is 25.8. The Hall–Kier alpha value is -0.120. The Morgan fingerprint density at radius 3 is 1.33 bits per heavy atom. The highest BCUT2D eigenvalue weighted by atomic mass is 79.9. The van der Waals surface area contributed by atoms with E-state index in [0.717, 1.165) is 0 Å². The lowest BCUT2D eigenvalue weighted by molar-refractivity contribution is 0.194. The van der Waals surface area contributed by atoms with Crippen molar-refractivity contribution in [3.8, 4) is 0 Å². The fourth-order valence-corrected chi connectivity index (χ4v) is 1.72. The first-order chi connectivity index (χ1) is 9.76. The molecule has 0 aromatic rings.